The summed E-state index contributed by atoms with van der Waals surface area (Å²) in [6.07, 6.45) is 9.53. The zero-order valence-electron chi connectivity index (χ0n) is 12.6. The zero-order valence-corrected chi connectivity index (χ0v) is 12.6. The number of aryl methyl sites for hydroxylation is 2. The molecule has 1 N–H and O–H groups in total. The first kappa shape index (κ1) is 14.6. The van der Waals surface area contributed by atoms with E-state index in [4.69, 9.17) is 0 Å². The summed E-state index contributed by atoms with van der Waals surface area (Å²) in [7, 11) is 0. The Kier molecular flexibility index (Phi) is 5.91. The molecule has 1 heteroatoms. The summed E-state index contributed by atoms with van der Waals surface area (Å²) in [5.41, 5.74) is 2.85. The zero-order chi connectivity index (χ0) is 13.5. The molecular weight excluding hydrogens is 230 g/mol. The number of nitrogens with one attached hydrogen (secondary N) is 1. The Bertz CT molecular complexity index is 348. The van der Waals surface area contributed by atoms with Gasteiger partial charge in [0, 0.05) is 6.04 Å². The summed E-state index contributed by atoms with van der Waals surface area (Å²) >= 11 is 0. The van der Waals surface area contributed by atoms with E-state index in [1.54, 1.807) is 0 Å². The van der Waals surface area contributed by atoms with Gasteiger partial charge in [0.15, 0.2) is 0 Å². The van der Waals surface area contributed by atoms with Crippen LogP contribution in [0.4, 0.5) is 0 Å². The lowest BCUT2D eigenvalue weighted by molar-refractivity contribution is 0.341. The van der Waals surface area contributed by atoms with E-state index in [0.717, 1.165) is 12.0 Å². The highest BCUT2D eigenvalue weighted by molar-refractivity contribution is 5.21. The van der Waals surface area contributed by atoms with Crippen LogP contribution in [0.2, 0.25) is 0 Å². The first-order chi connectivity index (χ1) is 9.29. The molecule has 0 saturated heterocycles. The van der Waals surface area contributed by atoms with Crippen molar-refractivity contribution in [2.75, 3.05) is 6.54 Å². The van der Waals surface area contributed by atoms with E-state index in [1.165, 1.54) is 62.6 Å². The fraction of sp³-hybridized carbons (Fsp3) is 0.667. The van der Waals surface area contributed by atoms with Gasteiger partial charge in [0.2, 0.25) is 0 Å². The maximum absolute atomic E-state index is 3.79. The molecule has 19 heavy (non-hydrogen) atoms. The van der Waals surface area contributed by atoms with Gasteiger partial charge < -0.3 is 5.32 Å². The molecule has 0 heterocycles. The summed E-state index contributed by atoms with van der Waals surface area (Å²) in [5, 5.41) is 3.79. The van der Waals surface area contributed by atoms with Crippen molar-refractivity contribution in [1.29, 1.82) is 0 Å². The SMILES string of the molecule is CCCNC(CCc1ccc(C)cc1)C1CCCC1. The highest BCUT2D eigenvalue weighted by atomic mass is 14.9. The fourth-order valence-electron chi connectivity index (χ4n) is 3.27. The van der Waals surface area contributed by atoms with Gasteiger partial charge in [-0.1, -0.05) is 49.6 Å². The maximum atomic E-state index is 3.79. The average Bonchev–Trinajstić information content (AvgIpc) is 2.95. The van der Waals surface area contributed by atoms with Crippen molar-refractivity contribution in [3.05, 3.63) is 35.4 Å². The molecule has 1 fully saturated rings. The Labute approximate surface area is 118 Å². The van der Waals surface area contributed by atoms with E-state index in [9.17, 15) is 0 Å². The van der Waals surface area contributed by atoms with Crippen LogP contribution in [-0.4, -0.2) is 12.6 Å². The molecule has 1 aliphatic rings. The quantitative estimate of drug-likeness (QED) is 0.761. The lowest BCUT2D eigenvalue weighted by Crippen LogP contribution is -2.36. The molecule has 0 spiro atoms. The lowest BCUT2D eigenvalue weighted by Gasteiger charge is -2.25. The van der Waals surface area contributed by atoms with E-state index in [2.05, 4.69) is 43.4 Å². The third kappa shape index (κ3) is 4.65. The minimum atomic E-state index is 0.740. The second kappa shape index (κ2) is 7.69. The maximum Gasteiger partial charge on any atom is 0.00984 e. The molecule has 1 aromatic rings. The van der Waals surface area contributed by atoms with Gasteiger partial charge in [-0.2, -0.15) is 0 Å². The largest absolute Gasteiger partial charge is 0.314 e. The van der Waals surface area contributed by atoms with E-state index in [1.807, 2.05) is 0 Å². The van der Waals surface area contributed by atoms with Crippen LogP contribution >= 0.6 is 0 Å². The Morgan fingerprint density at radius 1 is 1.16 bits per heavy atom. The Balaban J connectivity index is 1.86. The summed E-state index contributed by atoms with van der Waals surface area (Å²) in [5.74, 6) is 0.928. The molecule has 0 bridgehead atoms. The highest BCUT2D eigenvalue weighted by Gasteiger charge is 2.23. The lowest BCUT2D eigenvalue weighted by atomic mass is 9.92. The minimum absolute atomic E-state index is 0.740. The van der Waals surface area contributed by atoms with Gasteiger partial charge in [-0.25, -0.2) is 0 Å². The van der Waals surface area contributed by atoms with Gasteiger partial charge in [0.05, 0.1) is 0 Å². The second-order valence-corrected chi connectivity index (χ2v) is 6.13. The van der Waals surface area contributed by atoms with Crippen LogP contribution in [0.5, 0.6) is 0 Å². The average molecular weight is 259 g/mol. The van der Waals surface area contributed by atoms with Crippen molar-refractivity contribution in [2.45, 2.75) is 64.8 Å². The minimum Gasteiger partial charge on any atom is -0.314 e. The van der Waals surface area contributed by atoms with Crippen LogP contribution in [0.25, 0.3) is 0 Å². The van der Waals surface area contributed by atoms with Crippen molar-refractivity contribution >= 4 is 0 Å². The second-order valence-electron chi connectivity index (χ2n) is 6.13. The summed E-state index contributed by atoms with van der Waals surface area (Å²) in [6, 6.07) is 9.80. The van der Waals surface area contributed by atoms with Gasteiger partial charge in [-0.05, 0) is 57.1 Å². The van der Waals surface area contributed by atoms with E-state index in [0.29, 0.717) is 0 Å². The monoisotopic (exact) mass is 259 g/mol. The predicted octanol–water partition coefficient (Wildman–Crippen LogP) is 4.49. The first-order valence-electron chi connectivity index (χ1n) is 8.08. The van der Waals surface area contributed by atoms with Crippen molar-refractivity contribution in [3.8, 4) is 0 Å². The Morgan fingerprint density at radius 3 is 2.47 bits per heavy atom. The third-order valence-corrected chi connectivity index (χ3v) is 4.49. The molecule has 1 saturated carbocycles. The van der Waals surface area contributed by atoms with Gasteiger partial charge in [0.1, 0.15) is 0 Å². The smallest absolute Gasteiger partial charge is 0.00984 e. The molecule has 0 aromatic heterocycles. The van der Waals surface area contributed by atoms with E-state index >= 15 is 0 Å². The normalized spacial score (nSPS) is 17.8. The molecule has 1 aromatic carbocycles. The standard InChI is InChI=1S/C18H29N/c1-3-14-19-18(17-6-4-5-7-17)13-12-16-10-8-15(2)9-11-16/h8-11,17-19H,3-7,12-14H2,1-2H3. The van der Waals surface area contributed by atoms with Crippen molar-refractivity contribution in [3.63, 3.8) is 0 Å². The fourth-order valence-corrected chi connectivity index (χ4v) is 3.27. The van der Waals surface area contributed by atoms with E-state index in [-0.39, 0.29) is 0 Å². The molecule has 1 atom stereocenters. The number of rotatable bonds is 7. The van der Waals surface area contributed by atoms with Gasteiger partial charge in [-0.3, -0.25) is 0 Å². The van der Waals surface area contributed by atoms with Gasteiger partial charge in [0.25, 0.3) is 0 Å². The molecule has 1 unspecified atom stereocenters. The third-order valence-electron chi connectivity index (χ3n) is 4.49. The molecule has 0 radical (unpaired) electrons. The number of hydrogen-bond acceptors (Lipinski definition) is 1. The number of hydrogen-bond donors (Lipinski definition) is 1. The van der Waals surface area contributed by atoms with Crippen LogP contribution in [0.1, 0.15) is 56.6 Å². The summed E-state index contributed by atoms with van der Waals surface area (Å²) < 4.78 is 0. The Morgan fingerprint density at radius 2 is 1.84 bits per heavy atom. The predicted molar refractivity (Wildman–Crippen MR) is 83.5 cm³/mol. The van der Waals surface area contributed by atoms with Crippen LogP contribution < -0.4 is 5.32 Å². The van der Waals surface area contributed by atoms with Gasteiger partial charge in [-0.15, -0.1) is 0 Å². The Hall–Kier alpha value is -0.820. The molecule has 1 aliphatic carbocycles. The van der Waals surface area contributed by atoms with E-state index < -0.39 is 0 Å². The molecule has 2 rings (SSSR count). The van der Waals surface area contributed by atoms with Crippen LogP contribution in [0.15, 0.2) is 24.3 Å². The summed E-state index contributed by atoms with van der Waals surface area (Å²) in [4.78, 5) is 0. The van der Waals surface area contributed by atoms with Crippen molar-refractivity contribution < 1.29 is 0 Å². The van der Waals surface area contributed by atoms with Crippen molar-refractivity contribution in [1.82, 2.24) is 5.32 Å². The molecule has 106 valence electrons. The van der Waals surface area contributed by atoms with Crippen LogP contribution in [-0.2, 0) is 6.42 Å². The van der Waals surface area contributed by atoms with Crippen molar-refractivity contribution in [2.24, 2.45) is 5.92 Å². The van der Waals surface area contributed by atoms with Crippen LogP contribution in [0, 0.1) is 12.8 Å². The number of benzene rings is 1. The first-order valence-corrected chi connectivity index (χ1v) is 8.08. The molecule has 0 amide bonds. The molecule has 0 aliphatic heterocycles. The topological polar surface area (TPSA) is 12.0 Å². The highest BCUT2D eigenvalue weighted by Crippen LogP contribution is 2.29. The molecule has 1 nitrogen and oxygen atoms in total. The molecular formula is C18H29N. The van der Waals surface area contributed by atoms with Crippen LogP contribution in [0.3, 0.4) is 0 Å². The van der Waals surface area contributed by atoms with Gasteiger partial charge >= 0.3 is 0 Å². The summed E-state index contributed by atoms with van der Waals surface area (Å²) in [6.45, 7) is 5.60.